The number of imide groups is 1. The summed E-state index contributed by atoms with van der Waals surface area (Å²) < 4.78 is 5.02. The number of nitrogens with zero attached hydrogens (tertiary/aromatic N) is 1. The highest BCUT2D eigenvalue weighted by atomic mass is 16.5. The molecule has 0 radical (unpaired) electrons. The van der Waals surface area contributed by atoms with Gasteiger partial charge in [-0.1, -0.05) is 69.5 Å². The second kappa shape index (κ2) is 10.9. The second-order valence-electron chi connectivity index (χ2n) is 9.55. The van der Waals surface area contributed by atoms with Gasteiger partial charge in [0.15, 0.2) is 0 Å². The van der Waals surface area contributed by atoms with Gasteiger partial charge in [-0.05, 0) is 65.6 Å². The van der Waals surface area contributed by atoms with Gasteiger partial charge in [-0.25, -0.2) is 4.79 Å². The van der Waals surface area contributed by atoms with Gasteiger partial charge >= 0.3 is 5.97 Å². The molecule has 2 aliphatic carbocycles. The summed E-state index contributed by atoms with van der Waals surface area (Å²) >= 11 is 0. The van der Waals surface area contributed by atoms with Crippen LogP contribution in [0.4, 0.5) is 0 Å². The first-order chi connectivity index (χ1) is 16.9. The minimum absolute atomic E-state index is 0.177. The predicted octanol–water partition coefficient (Wildman–Crippen LogP) is 6.49. The Labute approximate surface area is 207 Å². The molecule has 1 heterocycles. The number of esters is 1. The molecular formula is C30H33NO4. The van der Waals surface area contributed by atoms with Gasteiger partial charge in [0.2, 0.25) is 0 Å². The van der Waals surface area contributed by atoms with Crippen LogP contribution in [0.25, 0.3) is 11.1 Å². The zero-order valence-electron chi connectivity index (χ0n) is 20.8. The van der Waals surface area contributed by atoms with Crippen LogP contribution in [-0.2, 0) is 11.2 Å². The molecule has 0 aromatic heterocycles. The maximum absolute atomic E-state index is 12.5. The third-order valence-corrected chi connectivity index (χ3v) is 6.91. The van der Waals surface area contributed by atoms with Gasteiger partial charge in [0.25, 0.3) is 11.8 Å². The zero-order valence-corrected chi connectivity index (χ0v) is 20.8. The number of fused-ring (bicyclic) bond motifs is 2. The molecule has 2 amide bonds. The molecule has 0 fully saturated rings. The van der Waals surface area contributed by atoms with Gasteiger partial charge in [0.1, 0.15) is 0 Å². The van der Waals surface area contributed by atoms with Crippen molar-refractivity contribution in [1.82, 2.24) is 4.90 Å². The van der Waals surface area contributed by atoms with Crippen molar-refractivity contribution in [3.8, 4) is 11.1 Å². The van der Waals surface area contributed by atoms with Gasteiger partial charge in [-0.3, -0.25) is 14.5 Å². The van der Waals surface area contributed by atoms with E-state index in [9.17, 15) is 14.4 Å². The number of methoxy groups -OCH3 is 1. The summed E-state index contributed by atoms with van der Waals surface area (Å²) in [5.41, 5.74) is 6.13. The number of hydrogen-bond acceptors (Lipinski definition) is 4. The Morgan fingerprint density at radius 2 is 1.40 bits per heavy atom. The second-order valence-corrected chi connectivity index (χ2v) is 9.55. The first kappa shape index (κ1) is 24.6. The minimum Gasteiger partial charge on any atom is -0.465 e. The average molecular weight is 472 g/mol. The normalized spacial score (nSPS) is 13.1. The van der Waals surface area contributed by atoms with E-state index in [0.717, 1.165) is 49.7 Å². The van der Waals surface area contributed by atoms with Crippen LogP contribution in [0, 0.1) is 0 Å². The van der Waals surface area contributed by atoms with Crippen molar-refractivity contribution < 1.29 is 19.1 Å². The summed E-state index contributed by atoms with van der Waals surface area (Å²) in [6, 6.07) is 17.4. The van der Waals surface area contributed by atoms with Crippen LogP contribution >= 0.6 is 0 Å². The number of rotatable bonds is 10. The van der Waals surface area contributed by atoms with Crippen molar-refractivity contribution in [2.45, 2.75) is 58.3 Å². The summed E-state index contributed by atoms with van der Waals surface area (Å²) in [5.74, 6) is -0.240. The number of hydrogen-bond donors (Lipinski definition) is 0. The molecule has 5 heteroatoms. The highest BCUT2D eigenvalue weighted by Crippen LogP contribution is 2.34. The molecule has 0 saturated heterocycles. The van der Waals surface area contributed by atoms with E-state index in [1.54, 1.807) is 24.3 Å². The number of carbonyl (C=O) groups is 3. The Bertz CT molecular complexity index is 1180. The largest absolute Gasteiger partial charge is 0.465 e. The molecule has 1 aliphatic heterocycles. The van der Waals surface area contributed by atoms with Crippen molar-refractivity contribution in [3.63, 3.8) is 0 Å². The Kier molecular flexibility index (Phi) is 7.64. The lowest BCUT2D eigenvalue weighted by molar-refractivity contribution is 0.0599. The monoisotopic (exact) mass is 471 g/mol. The highest BCUT2D eigenvalue weighted by molar-refractivity contribution is 6.21. The molecule has 5 nitrogen and oxygen atoms in total. The van der Waals surface area contributed by atoms with Crippen molar-refractivity contribution in [3.05, 3.63) is 82.4 Å². The van der Waals surface area contributed by atoms with Crippen molar-refractivity contribution >= 4 is 17.8 Å². The molecule has 4 rings (SSSR count). The van der Waals surface area contributed by atoms with E-state index < -0.39 is 0 Å². The standard InChI is InChI=1S/C30H33NO4/c1-20(2)21-14-16-23-22(19-27(30(34)35-3)24(23)17-15-21)11-7-5-4-6-10-18-31-28(32)25-12-8-9-13-26(25)29(31)33/h8-9,12-17,19-20H,4-7,10-11,18H2,1-3H3. The quantitative estimate of drug-likeness (QED) is 0.193. The van der Waals surface area contributed by atoms with Crippen molar-refractivity contribution in [2.75, 3.05) is 13.7 Å². The van der Waals surface area contributed by atoms with Crippen LogP contribution in [0.1, 0.15) is 94.1 Å². The topological polar surface area (TPSA) is 63.7 Å². The van der Waals surface area contributed by atoms with Gasteiger partial charge < -0.3 is 4.74 Å². The molecule has 0 spiro atoms. The number of aryl methyl sites for hydroxylation is 1. The third kappa shape index (κ3) is 5.14. The number of unbranched alkanes of at least 4 members (excludes halogenated alkanes) is 4. The lowest BCUT2D eigenvalue weighted by Crippen LogP contribution is -2.30. The number of ether oxygens (including phenoxy) is 1. The predicted molar refractivity (Wildman–Crippen MR) is 137 cm³/mol. The van der Waals surface area contributed by atoms with Crippen LogP contribution in [0.3, 0.4) is 0 Å². The third-order valence-electron chi connectivity index (χ3n) is 6.91. The Morgan fingerprint density at radius 3 is 2.03 bits per heavy atom. The molecule has 0 bridgehead atoms. The molecule has 35 heavy (non-hydrogen) atoms. The van der Waals surface area contributed by atoms with E-state index in [2.05, 4.69) is 32.0 Å². The maximum Gasteiger partial charge on any atom is 0.338 e. The SMILES string of the molecule is COC(=O)c1cc(CCCCCCCN2C(=O)c3ccccc3C2=O)c2ccc(C(C)C)ccc1-2. The van der Waals surface area contributed by atoms with E-state index in [4.69, 9.17) is 4.74 Å². The van der Waals surface area contributed by atoms with Crippen LogP contribution < -0.4 is 0 Å². The average Bonchev–Trinajstić information content (AvgIpc) is 3.20. The summed E-state index contributed by atoms with van der Waals surface area (Å²) in [7, 11) is 1.42. The van der Waals surface area contributed by atoms with Crippen molar-refractivity contribution in [2.24, 2.45) is 0 Å². The van der Waals surface area contributed by atoms with E-state index in [1.165, 1.54) is 23.1 Å². The van der Waals surface area contributed by atoms with Gasteiger partial charge in [0, 0.05) is 6.54 Å². The summed E-state index contributed by atoms with van der Waals surface area (Å²) in [6.45, 7) is 4.80. The summed E-state index contributed by atoms with van der Waals surface area (Å²) in [4.78, 5) is 38.7. The van der Waals surface area contributed by atoms with Crippen LogP contribution in [0.15, 0.2) is 54.6 Å². The number of benzene rings is 1. The zero-order chi connectivity index (χ0) is 24.9. The molecule has 0 saturated carbocycles. The minimum atomic E-state index is -0.299. The lowest BCUT2D eigenvalue weighted by Gasteiger charge is -2.13. The molecule has 0 N–H and O–H groups in total. The van der Waals surface area contributed by atoms with E-state index in [0.29, 0.717) is 29.2 Å². The molecule has 3 aliphatic rings. The fraction of sp³-hybridized carbons (Fsp3) is 0.367. The summed E-state index contributed by atoms with van der Waals surface area (Å²) in [6.07, 6.45) is 5.78. The molecule has 0 atom stereocenters. The first-order valence-corrected chi connectivity index (χ1v) is 12.5. The Morgan fingerprint density at radius 1 is 0.800 bits per heavy atom. The molecular weight excluding hydrogens is 438 g/mol. The molecule has 0 unspecified atom stereocenters. The molecule has 182 valence electrons. The molecule has 1 aromatic carbocycles. The maximum atomic E-state index is 12.5. The van der Waals surface area contributed by atoms with Crippen LogP contribution in [-0.4, -0.2) is 36.3 Å². The molecule has 1 aromatic rings. The van der Waals surface area contributed by atoms with Crippen LogP contribution in [0.5, 0.6) is 0 Å². The fourth-order valence-corrected chi connectivity index (χ4v) is 4.87. The lowest BCUT2D eigenvalue weighted by atomic mass is 10.0. The fourth-order valence-electron chi connectivity index (χ4n) is 4.87. The van der Waals surface area contributed by atoms with Gasteiger partial charge in [-0.15, -0.1) is 0 Å². The first-order valence-electron chi connectivity index (χ1n) is 12.5. The van der Waals surface area contributed by atoms with Gasteiger partial charge in [0.05, 0.1) is 23.8 Å². The van der Waals surface area contributed by atoms with Gasteiger partial charge in [-0.2, -0.15) is 0 Å². The van der Waals surface area contributed by atoms with E-state index >= 15 is 0 Å². The highest BCUT2D eigenvalue weighted by Gasteiger charge is 2.34. The number of carbonyl (C=O) groups excluding carboxylic acids is 3. The van der Waals surface area contributed by atoms with Crippen molar-refractivity contribution in [1.29, 1.82) is 0 Å². The van der Waals surface area contributed by atoms with E-state index in [-0.39, 0.29) is 17.8 Å². The van der Waals surface area contributed by atoms with E-state index in [1.807, 2.05) is 12.1 Å². The number of amides is 2. The Hall–Kier alpha value is -3.47. The smallest absolute Gasteiger partial charge is 0.338 e. The van der Waals surface area contributed by atoms with Crippen LogP contribution in [0.2, 0.25) is 0 Å². The Balaban J connectivity index is 1.29. The summed E-state index contributed by atoms with van der Waals surface area (Å²) in [5, 5.41) is 0.